The number of hydrogen-bond acceptors (Lipinski definition) is 8. The number of aryl methyl sites for hydroxylation is 1. The molecule has 24 heavy (non-hydrogen) atoms. The molecule has 0 saturated carbocycles. The van der Waals surface area contributed by atoms with Gasteiger partial charge in [0.25, 0.3) is 0 Å². The lowest BCUT2D eigenvalue weighted by Gasteiger charge is -2.09. The number of carbonyl (C=O) groups excluding carboxylic acids is 1. The van der Waals surface area contributed by atoms with E-state index in [0.29, 0.717) is 15.7 Å². The van der Waals surface area contributed by atoms with Gasteiger partial charge in [0.2, 0.25) is 5.91 Å². The minimum Gasteiger partial charge on any atom is -0.383 e. The van der Waals surface area contributed by atoms with E-state index in [1.165, 1.54) is 22.3 Å². The summed E-state index contributed by atoms with van der Waals surface area (Å²) >= 11 is 2.66. The van der Waals surface area contributed by atoms with Crippen LogP contribution in [0.5, 0.6) is 0 Å². The van der Waals surface area contributed by atoms with Gasteiger partial charge in [0.05, 0.1) is 11.3 Å². The van der Waals surface area contributed by atoms with Crippen molar-refractivity contribution < 1.29 is 4.79 Å². The number of nitriles is 1. The molecular formula is C15H16N6OS2. The molecule has 0 aliphatic heterocycles. The first-order valence-electron chi connectivity index (χ1n) is 7.44. The summed E-state index contributed by atoms with van der Waals surface area (Å²) in [4.78, 5) is 21.4. The zero-order valence-corrected chi connectivity index (χ0v) is 14.5. The van der Waals surface area contributed by atoms with Crippen molar-refractivity contribution in [3.8, 4) is 6.07 Å². The number of hydrogen-bond donors (Lipinski definition) is 3. The van der Waals surface area contributed by atoms with E-state index < -0.39 is 0 Å². The average molecular weight is 360 g/mol. The molecule has 0 spiro atoms. The molecule has 0 aromatic carbocycles. The Morgan fingerprint density at radius 1 is 1.33 bits per heavy atom. The SMILES string of the molecule is N#Cc1c(NC(=O)CSc2nc(N)cc(N)n2)sc2c1CCCC2. The van der Waals surface area contributed by atoms with Gasteiger partial charge in [-0.3, -0.25) is 4.79 Å². The smallest absolute Gasteiger partial charge is 0.235 e. The predicted octanol–water partition coefficient (Wildman–Crippen LogP) is 2.18. The highest BCUT2D eigenvalue weighted by Gasteiger charge is 2.21. The third kappa shape index (κ3) is 3.60. The summed E-state index contributed by atoms with van der Waals surface area (Å²) in [5.41, 5.74) is 12.9. The maximum Gasteiger partial charge on any atom is 0.235 e. The van der Waals surface area contributed by atoms with Crippen LogP contribution in [0.15, 0.2) is 11.2 Å². The van der Waals surface area contributed by atoms with Crippen LogP contribution in [0.1, 0.15) is 28.8 Å². The first-order valence-corrected chi connectivity index (χ1v) is 9.24. The second-order valence-corrected chi connectivity index (χ2v) is 7.41. The molecule has 9 heteroatoms. The highest BCUT2D eigenvalue weighted by molar-refractivity contribution is 7.99. The number of carbonyl (C=O) groups is 1. The van der Waals surface area contributed by atoms with E-state index >= 15 is 0 Å². The number of anilines is 3. The van der Waals surface area contributed by atoms with Crippen LogP contribution in [-0.2, 0) is 17.6 Å². The number of rotatable bonds is 4. The topological polar surface area (TPSA) is 131 Å². The van der Waals surface area contributed by atoms with Crippen LogP contribution < -0.4 is 16.8 Å². The van der Waals surface area contributed by atoms with Crippen LogP contribution in [-0.4, -0.2) is 21.6 Å². The zero-order valence-electron chi connectivity index (χ0n) is 12.8. The van der Waals surface area contributed by atoms with Crippen molar-refractivity contribution in [3.05, 3.63) is 22.1 Å². The Labute approximate surface area is 147 Å². The van der Waals surface area contributed by atoms with Gasteiger partial charge < -0.3 is 16.8 Å². The molecule has 5 N–H and O–H groups in total. The summed E-state index contributed by atoms with van der Waals surface area (Å²) < 4.78 is 0. The van der Waals surface area contributed by atoms with Gasteiger partial charge in [0, 0.05) is 10.9 Å². The summed E-state index contributed by atoms with van der Waals surface area (Å²) in [6.07, 6.45) is 4.12. The van der Waals surface area contributed by atoms with Crippen LogP contribution in [0.2, 0.25) is 0 Å². The van der Waals surface area contributed by atoms with Crippen molar-refractivity contribution >= 4 is 45.6 Å². The van der Waals surface area contributed by atoms with Gasteiger partial charge in [-0.25, -0.2) is 9.97 Å². The van der Waals surface area contributed by atoms with Crippen molar-refractivity contribution in [2.24, 2.45) is 0 Å². The number of aromatic nitrogens is 2. The van der Waals surface area contributed by atoms with Crippen molar-refractivity contribution in [2.45, 2.75) is 30.8 Å². The maximum absolute atomic E-state index is 12.2. The van der Waals surface area contributed by atoms with Crippen LogP contribution in [0.3, 0.4) is 0 Å². The molecule has 1 aliphatic carbocycles. The Hall–Kier alpha value is -2.31. The second-order valence-electron chi connectivity index (χ2n) is 5.36. The van der Waals surface area contributed by atoms with Crippen LogP contribution in [0, 0.1) is 11.3 Å². The van der Waals surface area contributed by atoms with Crippen molar-refractivity contribution in [3.63, 3.8) is 0 Å². The van der Waals surface area contributed by atoms with Gasteiger partial charge in [-0.15, -0.1) is 11.3 Å². The quantitative estimate of drug-likeness (QED) is 0.562. The average Bonchev–Trinajstić information content (AvgIpc) is 2.89. The summed E-state index contributed by atoms with van der Waals surface area (Å²) in [5.74, 6) is 0.446. The van der Waals surface area contributed by atoms with Gasteiger partial charge in [-0.1, -0.05) is 11.8 Å². The van der Waals surface area contributed by atoms with Crippen LogP contribution >= 0.6 is 23.1 Å². The largest absolute Gasteiger partial charge is 0.383 e. The molecule has 2 heterocycles. The van der Waals surface area contributed by atoms with Gasteiger partial charge in [0.1, 0.15) is 22.7 Å². The summed E-state index contributed by atoms with van der Waals surface area (Å²) in [6.45, 7) is 0. The van der Waals surface area contributed by atoms with Gasteiger partial charge in [0.15, 0.2) is 5.16 Å². The zero-order chi connectivity index (χ0) is 17.1. The number of nitrogens with zero attached hydrogens (tertiary/aromatic N) is 3. The monoisotopic (exact) mass is 360 g/mol. The number of fused-ring (bicyclic) bond motifs is 1. The Morgan fingerprint density at radius 2 is 2.04 bits per heavy atom. The number of nitrogens with one attached hydrogen (secondary N) is 1. The summed E-state index contributed by atoms with van der Waals surface area (Å²) in [7, 11) is 0. The molecule has 2 aromatic rings. The number of amides is 1. The van der Waals surface area contributed by atoms with E-state index in [2.05, 4.69) is 21.4 Å². The second kappa shape index (κ2) is 7.07. The van der Waals surface area contributed by atoms with Crippen molar-refractivity contribution in [2.75, 3.05) is 22.5 Å². The Balaban J connectivity index is 1.67. The first kappa shape index (κ1) is 16.5. The molecular weight excluding hydrogens is 344 g/mol. The van der Waals surface area contributed by atoms with E-state index in [1.807, 2.05) is 0 Å². The molecule has 0 saturated heterocycles. The Morgan fingerprint density at radius 3 is 2.75 bits per heavy atom. The third-order valence-electron chi connectivity index (χ3n) is 3.61. The molecule has 1 aliphatic rings. The lowest BCUT2D eigenvalue weighted by molar-refractivity contribution is -0.113. The number of nitrogen functional groups attached to an aromatic ring is 2. The molecule has 0 bridgehead atoms. The molecule has 0 atom stereocenters. The first-order chi connectivity index (χ1) is 11.6. The molecule has 0 radical (unpaired) electrons. The van der Waals surface area contributed by atoms with E-state index in [4.69, 9.17) is 11.5 Å². The fraction of sp³-hybridized carbons (Fsp3) is 0.333. The van der Waals surface area contributed by atoms with Crippen molar-refractivity contribution in [1.82, 2.24) is 9.97 Å². The van der Waals surface area contributed by atoms with Gasteiger partial charge in [-0.2, -0.15) is 5.26 Å². The number of thioether (sulfide) groups is 1. The standard InChI is InChI=1S/C15H16N6OS2/c16-6-9-8-3-1-2-4-10(8)24-14(9)21-13(22)7-23-15-19-11(17)5-12(18)20-15/h5H,1-4,7H2,(H,21,22)(H4,17,18,19,20). The van der Waals surface area contributed by atoms with Crippen molar-refractivity contribution in [1.29, 1.82) is 5.26 Å². The lowest BCUT2D eigenvalue weighted by Crippen LogP contribution is -2.14. The van der Waals surface area contributed by atoms with E-state index in [-0.39, 0.29) is 23.3 Å². The molecule has 7 nitrogen and oxygen atoms in total. The molecule has 3 rings (SSSR count). The molecule has 1 amide bonds. The fourth-order valence-electron chi connectivity index (χ4n) is 2.59. The highest BCUT2D eigenvalue weighted by atomic mass is 32.2. The molecule has 0 fully saturated rings. The highest BCUT2D eigenvalue weighted by Crippen LogP contribution is 2.37. The van der Waals surface area contributed by atoms with E-state index in [9.17, 15) is 10.1 Å². The fourth-order valence-corrected chi connectivity index (χ4v) is 4.52. The number of thiophene rings is 1. The predicted molar refractivity (Wildman–Crippen MR) is 95.9 cm³/mol. The van der Waals surface area contributed by atoms with Crippen LogP contribution in [0.25, 0.3) is 0 Å². The molecule has 124 valence electrons. The van der Waals surface area contributed by atoms with Crippen LogP contribution in [0.4, 0.5) is 16.6 Å². The Bertz CT molecular complexity index is 806. The molecule has 2 aromatic heterocycles. The third-order valence-corrected chi connectivity index (χ3v) is 5.67. The maximum atomic E-state index is 12.2. The minimum absolute atomic E-state index is 0.121. The minimum atomic E-state index is -0.209. The van der Waals surface area contributed by atoms with E-state index in [0.717, 1.165) is 43.0 Å². The van der Waals surface area contributed by atoms with E-state index in [1.54, 1.807) is 0 Å². The Kier molecular flexibility index (Phi) is 4.87. The number of nitrogens with two attached hydrogens (primary N) is 2. The van der Waals surface area contributed by atoms with Gasteiger partial charge in [-0.05, 0) is 31.2 Å². The lowest BCUT2D eigenvalue weighted by atomic mass is 9.96. The van der Waals surface area contributed by atoms with Gasteiger partial charge >= 0.3 is 0 Å². The molecule has 0 unspecified atom stereocenters. The normalized spacial score (nSPS) is 13.1. The summed E-state index contributed by atoms with van der Waals surface area (Å²) in [6, 6.07) is 3.69. The summed E-state index contributed by atoms with van der Waals surface area (Å²) in [5, 5.41) is 13.2.